The zero-order chi connectivity index (χ0) is 12.1. The second kappa shape index (κ2) is 5.26. The van der Waals surface area contributed by atoms with Crippen LogP contribution >= 0.6 is 0 Å². The van der Waals surface area contributed by atoms with Gasteiger partial charge in [-0.2, -0.15) is 5.26 Å². The van der Waals surface area contributed by atoms with Gasteiger partial charge in [-0.3, -0.25) is 4.79 Å². The summed E-state index contributed by atoms with van der Waals surface area (Å²) in [5.74, 6) is -0.683. The van der Waals surface area contributed by atoms with Crippen molar-refractivity contribution < 1.29 is 14.6 Å². The minimum atomic E-state index is -1.14. The van der Waals surface area contributed by atoms with Gasteiger partial charge in [0.15, 0.2) is 0 Å². The molecule has 1 aromatic carbocycles. The third-order valence-corrected chi connectivity index (χ3v) is 2.19. The second-order valence-corrected chi connectivity index (χ2v) is 3.23. The average molecular weight is 220 g/mol. The molecule has 2 atom stereocenters. The Hall–Kier alpha value is -1.90. The van der Waals surface area contributed by atoms with E-state index in [1.807, 2.05) is 6.07 Å². The molecule has 0 spiro atoms. The second-order valence-electron chi connectivity index (χ2n) is 3.23. The summed E-state index contributed by atoms with van der Waals surface area (Å²) in [6.07, 6.45) is -1.14. The molecule has 5 nitrogen and oxygen atoms in total. The molecule has 0 heterocycles. The van der Waals surface area contributed by atoms with Gasteiger partial charge < -0.3 is 15.6 Å². The van der Waals surface area contributed by atoms with Crippen LogP contribution < -0.4 is 5.73 Å². The molecule has 0 aromatic heterocycles. The van der Waals surface area contributed by atoms with Crippen molar-refractivity contribution in [2.75, 3.05) is 7.11 Å². The van der Waals surface area contributed by atoms with Crippen molar-refractivity contribution in [1.82, 2.24) is 0 Å². The minimum Gasteiger partial charge on any atom is -0.468 e. The van der Waals surface area contributed by atoms with Gasteiger partial charge in [-0.1, -0.05) is 12.1 Å². The van der Waals surface area contributed by atoms with E-state index in [4.69, 9.17) is 11.0 Å². The van der Waals surface area contributed by atoms with E-state index in [0.717, 1.165) is 0 Å². The molecule has 16 heavy (non-hydrogen) atoms. The molecule has 1 rings (SSSR count). The molecule has 0 saturated heterocycles. The maximum absolute atomic E-state index is 11.1. The van der Waals surface area contributed by atoms with Crippen LogP contribution in [-0.2, 0) is 9.53 Å². The fourth-order valence-electron chi connectivity index (χ4n) is 1.23. The smallest absolute Gasteiger partial charge is 0.325 e. The lowest BCUT2D eigenvalue weighted by molar-refractivity contribution is -0.145. The molecule has 1 aromatic rings. The largest absolute Gasteiger partial charge is 0.468 e. The Labute approximate surface area is 93.1 Å². The monoisotopic (exact) mass is 220 g/mol. The minimum absolute atomic E-state index is 0.469. The molecule has 0 aliphatic carbocycles. The summed E-state index contributed by atoms with van der Waals surface area (Å²) in [4.78, 5) is 11.1. The number of hydrogen-bond acceptors (Lipinski definition) is 5. The number of benzene rings is 1. The molecule has 0 aliphatic heterocycles. The van der Waals surface area contributed by atoms with Crippen LogP contribution in [0.4, 0.5) is 0 Å². The molecule has 0 aliphatic rings. The highest BCUT2D eigenvalue weighted by Gasteiger charge is 2.24. The summed E-state index contributed by atoms with van der Waals surface area (Å²) in [5.41, 5.74) is 6.43. The van der Waals surface area contributed by atoms with Crippen molar-refractivity contribution >= 4 is 5.97 Å². The molecule has 0 amide bonds. The molecule has 84 valence electrons. The Kier molecular flexibility index (Phi) is 4.00. The van der Waals surface area contributed by atoms with Crippen LogP contribution in [0.25, 0.3) is 0 Å². The van der Waals surface area contributed by atoms with Gasteiger partial charge in [0, 0.05) is 0 Å². The van der Waals surface area contributed by atoms with Gasteiger partial charge in [0.1, 0.15) is 12.1 Å². The number of hydrogen-bond donors (Lipinski definition) is 2. The van der Waals surface area contributed by atoms with Gasteiger partial charge in [0.2, 0.25) is 0 Å². The Bertz CT molecular complexity index is 408. The zero-order valence-corrected chi connectivity index (χ0v) is 8.75. The predicted octanol–water partition coefficient (Wildman–Crippen LogP) is 0.0920. The maximum Gasteiger partial charge on any atom is 0.325 e. The van der Waals surface area contributed by atoms with Crippen LogP contribution in [0.1, 0.15) is 17.2 Å². The highest BCUT2D eigenvalue weighted by atomic mass is 16.5. The average Bonchev–Trinajstić information content (AvgIpc) is 2.36. The van der Waals surface area contributed by atoms with Crippen molar-refractivity contribution in [3.8, 4) is 6.07 Å². The molecule has 0 radical (unpaired) electrons. The lowest BCUT2D eigenvalue weighted by atomic mass is 10.0. The maximum atomic E-state index is 11.1. The number of nitrogens with zero attached hydrogens (tertiary/aromatic N) is 1. The first kappa shape index (κ1) is 12.2. The fourth-order valence-corrected chi connectivity index (χ4v) is 1.23. The van der Waals surface area contributed by atoms with Gasteiger partial charge in [0.25, 0.3) is 0 Å². The molecule has 3 N–H and O–H groups in total. The van der Waals surface area contributed by atoms with Crippen molar-refractivity contribution in [2.45, 2.75) is 12.1 Å². The quantitative estimate of drug-likeness (QED) is 0.704. The number of nitrogens with two attached hydrogens (primary N) is 1. The Morgan fingerprint density at radius 3 is 2.50 bits per heavy atom. The third kappa shape index (κ3) is 2.57. The van der Waals surface area contributed by atoms with E-state index in [0.29, 0.717) is 11.1 Å². The number of esters is 1. The van der Waals surface area contributed by atoms with Crippen molar-refractivity contribution in [1.29, 1.82) is 5.26 Å². The highest BCUT2D eigenvalue weighted by Crippen LogP contribution is 2.16. The summed E-state index contributed by atoms with van der Waals surface area (Å²) in [6, 6.07) is 7.01. The molecular formula is C11H12N2O3. The third-order valence-electron chi connectivity index (χ3n) is 2.19. The fraction of sp³-hybridized carbons (Fsp3) is 0.273. The molecule has 5 heteroatoms. The van der Waals surface area contributed by atoms with Gasteiger partial charge in [-0.15, -0.1) is 0 Å². The number of aliphatic hydroxyl groups excluding tert-OH is 1. The summed E-state index contributed by atoms with van der Waals surface area (Å²) < 4.78 is 4.42. The SMILES string of the molecule is COC(=O)[C@@H](N)C(O)c1ccc(C#N)cc1. The molecule has 0 fully saturated rings. The number of nitriles is 1. The molecule has 0 bridgehead atoms. The Balaban J connectivity index is 2.84. The number of carbonyl (C=O) groups excluding carboxylic acids is 1. The number of ether oxygens (including phenoxy) is 1. The molecule has 1 unspecified atom stereocenters. The molecule has 0 saturated carbocycles. The first-order valence-electron chi connectivity index (χ1n) is 4.61. The summed E-state index contributed by atoms with van der Waals surface area (Å²) >= 11 is 0. The van der Waals surface area contributed by atoms with E-state index in [1.54, 1.807) is 24.3 Å². The molecular weight excluding hydrogens is 208 g/mol. The highest BCUT2D eigenvalue weighted by molar-refractivity contribution is 5.76. The number of aliphatic hydroxyl groups is 1. The number of methoxy groups -OCH3 is 1. The Morgan fingerprint density at radius 1 is 1.50 bits per heavy atom. The van der Waals surface area contributed by atoms with Crippen molar-refractivity contribution in [3.63, 3.8) is 0 Å². The van der Waals surface area contributed by atoms with Crippen LogP contribution in [0.5, 0.6) is 0 Å². The van der Waals surface area contributed by atoms with E-state index in [2.05, 4.69) is 4.74 Å². The van der Waals surface area contributed by atoms with Crippen LogP contribution in [0.15, 0.2) is 24.3 Å². The van der Waals surface area contributed by atoms with Gasteiger partial charge in [-0.05, 0) is 17.7 Å². The standard InChI is InChI=1S/C11H12N2O3/c1-16-11(15)9(13)10(14)8-4-2-7(6-12)3-5-8/h2-5,9-10,14H,13H2,1H3/t9-,10?/m0/s1. The number of carbonyl (C=O) groups is 1. The van der Waals surface area contributed by atoms with Crippen LogP contribution in [-0.4, -0.2) is 24.2 Å². The summed E-state index contributed by atoms with van der Waals surface area (Å²) in [7, 11) is 1.20. The van der Waals surface area contributed by atoms with Gasteiger partial charge >= 0.3 is 5.97 Å². The topological polar surface area (TPSA) is 96.3 Å². The zero-order valence-electron chi connectivity index (χ0n) is 8.75. The van der Waals surface area contributed by atoms with Crippen molar-refractivity contribution in [2.24, 2.45) is 5.73 Å². The van der Waals surface area contributed by atoms with E-state index in [1.165, 1.54) is 7.11 Å². The van der Waals surface area contributed by atoms with E-state index < -0.39 is 18.1 Å². The van der Waals surface area contributed by atoms with Gasteiger partial charge in [0.05, 0.1) is 18.7 Å². The first-order valence-corrected chi connectivity index (χ1v) is 4.61. The normalized spacial score (nSPS) is 13.6. The lowest BCUT2D eigenvalue weighted by Crippen LogP contribution is -2.37. The summed E-state index contributed by atoms with van der Waals surface area (Å²) in [6.45, 7) is 0. The first-order chi connectivity index (χ1) is 7.60. The van der Waals surface area contributed by atoms with E-state index >= 15 is 0 Å². The van der Waals surface area contributed by atoms with E-state index in [9.17, 15) is 9.90 Å². The predicted molar refractivity (Wildman–Crippen MR) is 56.1 cm³/mol. The van der Waals surface area contributed by atoms with Crippen LogP contribution in [0.2, 0.25) is 0 Å². The van der Waals surface area contributed by atoms with Crippen LogP contribution in [0, 0.1) is 11.3 Å². The van der Waals surface area contributed by atoms with Crippen molar-refractivity contribution in [3.05, 3.63) is 35.4 Å². The van der Waals surface area contributed by atoms with E-state index in [-0.39, 0.29) is 0 Å². The summed E-state index contributed by atoms with van der Waals surface area (Å²) in [5, 5.41) is 18.3. The lowest BCUT2D eigenvalue weighted by Gasteiger charge is -2.16. The van der Waals surface area contributed by atoms with Crippen LogP contribution in [0.3, 0.4) is 0 Å². The Morgan fingerprint density at radius 2 is 2.06 bits per heavy atom. The number of rotatable bonds is 3. The van der Waals surface area contributed by atoms with Gasteiger partial charge in [-0.25, -0.2) is 0 Å².